The van der Waals surface area contributed by atoms with Gasteiger partial charge in [0, 0.05) is 0 Å². The van der Waals surface area contributed by atoms with Crippen LogP contribution in [-0.2, 0) is 4.79 Å². The molecule has 0 saturated heterocycles. The summed E-state index contributed by atoms with van der Waals surface area (Å²) in [7, 11) is 0. The molecule has 0 aliphatic heterocycles. The van der Waals surface area contributed by atoms with Crippen molar-refractivity contribution in [2.24, 2.45) is 50.7 Å². The fourth-order valence-corrected chi connectivity index (χ4v) is 10.9. The first-order valence-electron chi connectivity index (χ1n) is 12.8. The molecule has 5 saturated carbocycles. The Labute approximate surface area is 183 Å². The summed E-state index contributed by atoms with van der Waals surface area (Å²) in [4.78, 5) is 12.4. The van der Waals surface area contributed by atoms with Gasteiger partial charge in [-0.2, -0.15) is 0 Å². The van der Waals surface area contributed by atoms with E-state index in [1.807, 2.05) is 0 Å². The van der Waals surface area contributed by atoms with E-state index in [-0.39, 0.29) is 16.9 Å². The van der Waals surface area contributed by atoms with Crippen molar-refractivity contribution >= 4 is 5.97 Å². The van der Waals surface area contributed by atoms with E-state index < -0.39 is 11.4 Å². The van der Waals surface area contributed by atoms with Gasteiger partial charge in [0.05, 0.1) is 11.5 Å². The monoisotopic (exact) mass is 416 g/mol. The molecule has 0 aromatic rings. The Morgan fingerprint density at radius 2 is 1.47 bits per heavy atom. The van der Waals surface area contributed by atoms with Crippen molar-refractivity contribution in [1.82, 2.24) is 0 Å². The average Bonchev–Trinajstić information content (AvgIpc) is 3.11. The fraction of sp³-hybridized carbons (Fsp3) is 0.963. The number of fused-ring (bicyclic) bond motifs is 7. The largest absolute Gasteiger partial charge is 0.481 e. The van der Waals surface area contributed by atoms with Gasteiger partial charge in [0.15, 0.2) is 0 Å². The molecule has 5 fully saturated rings. The zero-order chi connectivity index (χ0) is 21.7. The molecule has 0 aromatic carbocycles. The summed E-state index contributed by atoms with van der Waals surface area (Å²) in [6.07, 6.45) is 12.0. The Bertz CT molecular complexity index is 744. The number of hydrogen-bond donors (Lipinski definition) is 2. The van der Waals surface area contributed by atoms with Gasteiger partial charge in [0.2, 0.25) is 0 Å². The van der Waals surface area contributed by atoms with E-state index in [9.17, 15) is 15.0 Å². The molecule has 5 aliphatic rings. The summed E-state index contributed by atoms with van der Waals surface area (Å²) in [6.45, 7) is 12.4. The van der Waals surface area contributed by atoms with Gasteiger partial charge >= 0.3 is 5.97 Å². The normalized spacial score (nSPS) is 56.9. The molecule has 1 unspecified atom stereocenters. The predicted molar refractivity (Wildman–Crippen MR) is 119 cm³/mol. The number of aliphatic hydroxyl groups is 1. The highest BCUT2D eigenvalue weighted by molar-refractivity contribution is 5.76. The van der Waals surface area contributed by atoms with Crippen molar-refractivity contribution in [3.63, 3.8) is 0 Å². The molecule has 0 aromatic heterocycles. The van der Waals surface area contributed by atoms with Gasteiger partial charge < -0.3 is 10.2 Å². The Balaban J connectivity index is 1.53. The van der Waals surface area contributed by atoms with Gasteiger partial charge in [-0.05, 0) is 110 Å². The van der Waals surface area contributed by atoms with E-state index >= 15 is 0 Å². The van der Waals surface area contributed by atoms with E-state index in [4.69, 9.17) is 0 Å². The van der Waals surface area contributed by atoms with E-state index in [1.165, 1.54) is 25.7 Å². The first-order chi connectivity index (χ1) is 13.9. The summed E-state index contributed by atoms with van der Waals surface area (Å²) < 4.78 is 0. The highest BCUT2D eigenvalue weighted by Gasteiger charge is 2.70. The van der Waals surface area contributed by atoms with Crippen LogP contribution in [0.15, 0.2) is 0 Å². The molecule has 0 heterocycles. The molecule has 2 N–H and O–H groups in total. The number of hydrogen-bond acceptors (Lipinski definition) is 2. The molecule has 3 heteroatoms. The second-order valence-electron chi connectivity index (χ2n) is 13.5. The third-order valence-corrected chi connectivity index (χ3v) is 12.8. The second kappa shape index (κ2) is 6.27. The summed E-state index contributed by atoms with van der Waals surface area (Å²) in [5.41, 5.74) is 0.444. The predicted octanol–water partition coefficient (Wildman–Crippen LogP) is 6.29. The highest BCUT2D eigenvalue weighted by Crippen LogP contribution is 2.76. The number of rotatable bonds is 1. The molecule has 9 atom stereocenters. The first-order valence-corrected chi connectivity index (χ1v) is 12.8. The van der Waals surface area contributed by atoms with E-state index in [0.29, 0.717) is 34.5 Å². The molecule has 0 spiro atoms. The van der Waals surface area contributed by atoms with E-state index in [1.54, 1.807) is 0 Å². The summed E-state index contributed by atoms with van der Waals surface area (Å²) in [5, 5.41) is 21.0. The number of carboxylic acids is 1. The van der Waals surface area contributed by atoms with Gasteiger partial charge in [0.25, 0.3) is 0 Å². The Hall–Kier alpha value is -0.570. The van der Waals surface area contributed by atoms with Crippen LogP contribution in [0.25, 0.3) is 0 Å². The molecule has 170 valence electrons. The van der Waals surface area contributed by atoms with Crippen LogP contribution in [0.3, 0.4) is 0 Å². The topological polar surface area (TPSA) is 57.5 Å². The quantitative estimate of drug-likeness (QED) is 0.528. The third-order valence-electron chi connectivity index (χ3n) is 12.8. The standard InChI is InChI=1S/C27H44O3/c1-23(2)19-10-14-26(5)20(24(19,3)13-11-21(23)28)9-8-17-18-7-6-12-27(18,22(29)30)16-15-25(17,26)4/h17-21,28H,6-16H2,1-5H3,(H,29,30)/t17?,18-,19+,20-,21+,24+,25-,26-,27+/m1/s1. The van der Waals surface area contributed by atoms with Gasteiger partial charge in [-0.25, -0.2) is 0 Å². The smallest absolute Gasteiger partial charge is 0.309 e. The van der Waals surface area contributed by atoms with Crippen LogP contribution in [0.5, 0.6) is 0 Å². The van der Waals surface area contributed by atoms with Crippen LogP contribution in [-0.4, -0.2) is 22.3 Å². The van der Waals surface area contributed by atoms with Crippen LogP contribution in [0.2, 0.25) is 0 Å². The minimum absolute atomic E-state index is 0.00254. The van der Waals surface area contributed by atoms with E-state index in [0.717, 1.165) is 44.9 Å². The summed E-state index contributed by atoms with van der Waals surface area (Å²) >= 11 is 0. The zero-order valence-corrected chi connectivity index (χ0v) is 20.0. The molecule has 0 amide bonds. The minimum Gasteiger partial charge on any atom is -0.481 e. The van der Waals surface area contributed by atoms with Crippen LogP contribution in [0, 0.1) is 50.7 Å². The van der Waals surface area contributed by atoms with Gasteiger partial charge in [-0.3, -0.25) is 4.79 Å². The first kappa shape index (κ1) is 21.3. The van der Waals surface area contributed by atoms with Crippen LogP contribution in [0.1, 0.15) is 105 Å². The molecular weight excluding hydrogens is 372 g/mol. The van der Waals surface area contributed by atoms with E-state index in [2.05, 4.69) is 34.6 Å². The van der Waals surface area contributed by atoms with Crippen molar-refractivity contribution < 1.29 is 15.0 Å². The lowest BCUT2D eigenvalue weighted by molar-refractivity contribution is -0.246. The van der Waals surface area contributed by atoms with Crippen LogP contribution in [0.4, 0.5) is 0 Å². The number of aliphatic hydroxyl groups excluding tert-OH is 1. The Morgan fingerprint density at radius 1 is 0.733 bits per heavy atom. The Morgan fingerprint density at radius 3 is 2.17 bits per heavy atom. The van der Waals surface area contributed by atoms with Crippen molar-refractivity contribution in [3.8, 4) is 0 Å². The maximum Gasteiger partial charge on any atom is 0.309 e. The second-order valence-corrected chi connectivity index (χ2v) is 13.5. The van der Waals surface area contributed by atoms with Crippen molar-refractivity contribution in [2.45, 2.75) is 111 Å². The van der Waals surface area contributed by atoms with Crippen molar-refractivity contribution in [3.05, 3.63) is 0 Å². The SMILES string of the molecule is CC1(C)[C@@H](O)CC[C@]2(C)[C@H]3CCC4[C@H]5CCC[C@]5(C(=O)O)CC[C@@]4(C)[C@]3(C)CC[C@@H]12. The number of carboxylic acid groups (broad SMARTS) is 1. The lowest BCUT2D eigenvalue weighted by atomic mass is 9.32. The molecule has 3 nitrogen and oxygen atoms in total. The van der Waals surface area contributed by atoms with Crippen LogP contribution < -0.4 is 0 Å². The minimum atomic E-state index is -0.502. The zero-order valence-electron chi connectivity index (χ0n) is 20.0. The van der Waals surface area contributed by atoms with Crippen LogP contribution >= 0.6 is 0 Å². The van der Waals surface area contributed by atoms with Gasteiger partial charge in [-0.1, -0.05) is 41.0 Å². The van der Waals surface area contributed by atoms with Gasteiger partial charge in [-0.15, -0.1) is 0 Å². The fourth-order valence-electron chi connectivity index (χ4n) is 10.9. The molecule has 0 radical (unpaired) electrons. The lowest BCUT2D eigenvalue weighted by Crippen LogP contribution is -2.66. The molecule has 0 bridgehead atoms. The molecule has 30 heavy (non-hydrogen) atoms. The maximum atomic E-state index is 12.4. The van der Waals surface area contributed by atoms with Gasteiger partial charge in [0.1, 0.15) is 0 Å². The Kier molecular flexibility index (Phi) is 4.45. The molecule has 5 rings (SSSR count). The van der Waals surface area contributed by atoms with Crippen molar-refractivity contribution in [2.75, 3.05) is 0 Å². The summed E-state index contributed by atoms with van der Waals surface area (Å²) in [5.74, 6) is 1.77. The maximum absolute atomic E-state index is 12.4. The lowest BCUT2D eigenvalue weighted by Gasteiger charge is -2.72. The third kappa shape index (κ3) is 2.29. The van der Waals surface area contributed by atoms with Crippen molar-refractivity contribution in [1.29, 1.82) is 0 Å². The number of aliphatic carboxylic acids is 1. The summed E-state index contributed by atoms with van der Waals surface area (Å²) in [6, 6.07) is 0. The highest BCUT2D eigenvalue weighted by atomic mass is 16.4. The number of carbonyl (C=O) groups is 1. The average molecular weight is 417 g/mol. The molecular formula is C27H44O3. The molecule has 5 aliphatic carbocycles.